The molecule has 22 heavy (non-hydrogen) atoms. The van der Waals surface area contributed by atoms with Gasteiger partial charge in [0.1, 0.15) is 5.56 Å². The van der Waals surface area contributed by atoms with Gasteiger partial charge >= 0.3 is 0 Å². The Balaban J connectivity index is 2.33. The van der Waals surface area contributed by atoms with E-state index in [0.717, 1.165) is 0 Å². The van der Waals surface area contributed by atoms with Gasteiger partial charge in [0.05, 0.1) is 16.4 Å². The minimum absolute atomic E-state index is 0.00486. The minimum atomic E-state index is -3.13. The van der Waals surface area contributed by atoms with Gasteiger partial charge in [0.25, 0.3) is 11.6 Å². The van der Waals surface area contributed by atoms with Crippen molar-refractivity contribution in [2.45, 2.75) is 25.8 Å². The number of rotatable bonds is 5. The lowest BCUT2D eigenvalue weighted by molar-refractivity contribution is -0.385. The van der Waals surface area contributed by atoms with Gasteiger partial charge < -0.3 is 4.90 Å². The summed E-state index contributed by atoms with van der Waals surface area (Å²) in [4.78, 5) is 24.6. The average Bonchev–Trinajstić information content (AvgIpc) is 2.84. The Hall–Kier alpha value is -1.96. The monoisotopic (exact) mass is 326 g/mol. The Morgan fingerprint density at radius 2 is 2.09 bits per heavy atom. The third kappa shape index (κ3) is 3.44. The van der Waals surface area contributed by atoms with Crippen LogP contribution in [-0.4, -0.2) is 48.2 Å². The largest absolute Gasteiger partial charge is 0.334 e. The molecule has 1 fully saturated rings. The number of carbonyl (C=O) groups is 1. The van der Waals surface area contributed by atoms with Gasteiger partial charge in [0.15, 0.2) is 9.84 Å². The summed E-state index contributed by atoms with van der Waals surface area (Å²) in [6, 6.07) is 5.35. The second-order valence-electron chi connectivity index (χ2n) is 5.33. The van der Waals surface area contributed by atoms with Crippen molar-refractivity contribution in [3.8, 4) is 0 Å². The molecule has 2 rings (SSSR count). The van der Waals surface area contributed by atoms with Gasteiger partial charge in [-0.2, -0.15) is 0 Å². The Bertz CT molecular complexity index is 686. The molecule has 0 saturated carbocycles. The first-order chi connectivity index (χ1) is 10.4. The van der Waals surface area contributed by atoms with Crippen molar-refractivity contribution < 1.29 is 18.1 Å². The Kier molecular flexibility index (Phi) is 4.80. The van der Waals surface area contributed by atoms with Crippen molar-refractivity contribution in [2.24, 2.45) is 0 Å². The highest BCUT2D eigenvalue weighted by atomic mass is 32.2. The molecule has 1 aliphatic heterocycles. The molecule has 8 heteroatoms. The highest BCUT2D eigenvalue weighted by molar-refractivity contribution is 7.91. The number of carbonyl (C=O) groups excluding carboxylic acids is 1. The summed E-state index contributed by atoms with van der Waals surface area (Å²) in [6.07, 6.45) is 1.04. The van der Waals surface area contributed by atoms with Gasteiger partial charge in [-0.1, -0.05) is 19.1 Å². The fourth-order valence-corrected chi connectivity index (χ4v) is 4.41. The highest BCUT2D eigenvalue weighted by Gasteiger charge is 2.36. The number of hydrogen-bond donors (Lipinski definition) is 0. The Labute approximate surface area is 129 Å². The van der Waals surface area contributed by atoms with E-state index in [4.69, 9.17) is 0 Å². The smallest absolute Gasteiger partial charge is 0.282 e. The summed E-state index contributed by atoms with van der Waals surface area (Å²) < 4.78 is 23.3. The van der Waals surface area contributed by atoms with E-state index in [1.807, 2.05) is 6.92 Å². The summed E-state index contributed by atoms with van der Waals surface area (Å²) in [6.45, 7) is 2.26. The summed E-state index contributed by atoms with van der Waals surface area (Å²) in [5.41, 5.74) is -0.250. The van der Waals surface area contributed by atoms with Crippen molar-refractivity contribution in [3.63, 3.8) is 0 Å². The maximum Gasteiger partial charge on any atom is 0.282 e. The molecule has 1 atom stereocenters. The second kappa shape index (κ2) is 6.43. The van der Waals surface area contributed by atoms with E-state index in [2.05, 4.69) is 0 Å². The van der Waals surface area contributed by atoms with Crippen molar-refractivity contribution in [1.29, 1.82) is 0 Å². The summed E-state index contributed by atoms with van der Waals surface area (Å²) in [5, 5.41) is 11.1. The van der Waals surface area contributed by atoms with Gasteiger partial charge in [0, 0.05) is 18.7 Å². The van der Waals surface area contributed by atoms with Crippen molar-refractivity contribution in [3.05, 3.63) is 39.9 Å². The molecule has 0 bridgehead atoms. The first-order valence-corrected chi connectivity index (χ1v) is 8.92. The van der Waals surface area contributed by atoms with Crippen LogP contribution in [0.4, 0.5) is 5.69 Å². The quantitative estimate of drug-likeness (QED) is 0.605. The fourth-order valence-electron chi connectivity index (χ4n) is 2.68. The first kappa shape index (κ1) is 16.4. The zero-order valence-corrected chi connectivity index (χ0v) is 13.1. The number of hydrogen-bond acceptors (Lipinski definition) is 5. The molecular weight excluding hydrogens is 308 g/mol. The number of nitro groups is 1. The van der Waals surface area contributed by atoms with Crippen LogP contribution < -0.4 is 0 Å². The Morgan fingerprint density at radius 3 is 2.64 bits per heavy atom. The van der Waals surface area contributed by atoms with Crippen LogP contribution in [0, 0.1) is 10.1 Å². The van der Waals surface area contributed by atoms with E-state index < -0.39 is 26.7 Å². The maximum absolute atomic E-state index is 12.7. The minimum Gasteiger partial charge on any atom is -0.334 e. The van der Waals surface area contributed by atoms with Crippen LogP contribution in [0.1, 0.15) is 30.1 Å². The summed E-state index contributed by atoms with van der Waals surface area (Å²) in [7, 11) is -3.13. The lowest BCUT2D eigenvalue weighted by atomic mass is 10.1. The molecule has 1 amide bonds. The van der Waals surface area contributed by atoms with Crippen molar-refractivity contribution in [1.82, 2.24) is 4.90 Å². The average molecular weight is 326 g/mol. The van der Waals surface area contributed by atoms with Gasteiger partial charge in [-0.05, 0) is 18.9 Å². The second-order valence-corrected chi connectivity index (χ2v) is 7.56. The molecule has 0 radical (unpaired) electrons. The summed E-state index contributed by atoms with van der Waals surface area (Å²) >= 11 is 0. The zero-order chi connectivity index (χ0) is 16.3. The van der Waals surface area contributed by atoms with Crippen molar-refractivity contribution in [2.75, 3.05) is 18.1 Å². The molecule has 1 saturated heterocycles. The van der Waals surface area contributed by atoms with Crippen LogP contribution in [0.15, 0.2) is 24.3 Å². The number of amides is 1. The standard InChI is InChI=1S/C14H18N2O5S/c1-2-8-15(11-7-9-22(20,21)10-11)14(17)12-5-3-4-6-13(12)16(18)19/h3-6,11H,2,7-10H2,1H3/t11-/m1/s1. The SMILES string of the molecule is CCCN(C(=O)c1ccccc1[N+](=O)[O-])[C@@H]1CCS(=O)(=O)C1. The molecule has 0 aromatic heterocycles. The number of para-hydroxylation sites is 1. The molecule has 7 nitrogen and oxygen atoms in total. The molecule has 0 unspecified atom stereocenters. The fraction of sp³-hybridized carbons (Fsp3) is 0.500. The van der Waals surface area contributed by atoms with Gasteiger partial charge in [0.2, 0.25) is 0 Å². The number of benzene rings is 1. The van der Waals surface area contributed by atoms with Gasteiger partial charge in [-0.25, -0.2) is 8.42 Å². The number of nitrogens with zero attached hydrogens (tertiary/aromatic N) is 2. The van der Waals surface area contributed by atoms with E-state index in [1.165, 1.54) is 23.1 Å². The molecule has 1 aromatic rings. The van der Waals surface area contributed by atoms with Crippen LogP contribution >= 0.6 is 0 Å². The highest BCUT2D eigenvalue weighted by Crippen LogP contribution is 2.24. The van der Waals surface area contributed by atoms with E-state index >= 15 is 0 Å². The predicted molar refractivity (Wildman–Crippen MR) is 81.5 cm³/mol. The molecule has 0 aliphatic carbocycles. The lowest BCUT2D eigenvalue weighted by Gasteiger charge is -2.27. The first-order valence-electron chi connectivity index (χ1n) is 7.10. The van der Waals surface area contributed by atoms with E-state index in [-0.39, 0.29) is 22.8 Å². The van der Waals surface area contributed by atoms with Crippen LogP contribution in [0.5, 0.6) is 0 Å². The zero-order valence-electron chi connectivity index (χ0n) is 12.3. The molecule has 1 aliphatic rings. The summed E-state index contributed by atoms with van der Waals surface area (Å²) in [5.74, 6) is -0.488. The van der Waals surface area contributed by atoms with E-state index in [0.29, 0.717) is 19.4 Å². The van der Waals surface area contributed by atoms with Gasteiger partial charge in [-0.3, -0.25) is 14.9 Å². The number of sulfone groups is 1. The van der Waals surface area contributed by atoms with E-state index in [9.17, 15) is 23.3 Å². The van der Waals surface area contributed by atoms with Crippen LogP contribution in [-0.2, 0) is 9.84 Å². The third-order valence-electron chi connectivity index (χ3n) is 3.71. The normalized spacial score (nSPS) is 19.8. The van der Waals surface area contributed by atoms with Crippen LogP contribution in [0.25, 0.3) is 0 Å². The van der Waals surface area contributed by atoms with Gasteiger partial charge in [-0.15, -0.1) is 0 Å². The number of nitro benzene ring substituents is 1. The topological polar surface area (TPSA) is 97.6 Å². The van der Waals surface area contributed by atoms with Crippen LogP contribution in [0.3, 0.4) is 0 Å². The maximum atomic E-state index is 12.7. The third-order valence-corrected chi connectivity index (χ3v) is 5.46. The molecule has 1 aromatic carbocycles. The molecular formula is C14H18N2O5S. The Morgan fingerprint density at radius 1 is 1.41 bits per heavy atom. The van der Waals surface area contributed by atoms with E-state index in [1.54, 1.807) is 6.07 Å². The predicted octanol–water partition coefficient (Wildman–Crippen LogP) is 1.63. The molecule has 1 heterocycles. The van der Waals surface area contributed by atoms with Crippen LogP contribution in [0.2, 0.25) is 0 Å². The molecule has 0 spiro atoms. The van der Waals surface area contributed by atoms with Crippen molar-refractivity contribution >= 4 is 21.4 Å². The lowest BCUT2D eigenvalue weighted by Crippen LogP contribution is -2.41. The molecule has 0 N–H and O–H groups in total. The molecule has 120 valence electrons.